The predicted molar refractivity (Wildman–Crippen MR) is 105 cm³/mol. The van der Waals surface area contributed by atoms with E-state index in [1.165, 1.54) is 0 Å². The molecule has 1 aliphatic heterocycles. The van der Waals surface area contributed by atoms with Crippen LogP contribution in [0.1, 0.15) is 15.9 Å². The van der Waals surface area contributed by atoms with Gasteiger partial charge in [0.1, 0.15) is 12.4 Å². The van der Waals surface area contributed by atoms with E-state index in [0.29, 0.717) is 24.4 Å². The fourth-order valence-electron chi connectivity index (χ4n) is 3.36. The molecule has 1 aliphatic rings. The maximum Gasteiger partial charge on any atom is 0.253 e. The van der Waals surface area contributed by atoms with Crippen molar-refractivity contribution in [2.45, 2.75) is 6.92 Å². The lowest BCUT2D eigenvalue weighted by molar-refractivity contribution is -0.117. The van der Waals surface area contributed by atoms with Crippen LogP contribution in [0.3, 0.4) is 0 Å². The van der Waals surface area contributed by atoms with Crippen LogP contribution in [0.25, 0.3) is 10.8 Å². The van der Waals surface area contributed by atoms with E-state index in [-0.39, 0.29) is 18.4 Å². The number of carbonyl (C=O) groups excluding carboxylic acids is 2. The van der Waals surface area contributed by atoms with Gasteiger partial charge in [0.2, 0.25) is 5.91 Å². The van der Waals surface area contributed by atoms with Crippen molar-refractivity contribution in [1.29, 1.82) is 0 Å². The fourth-order valence-corrected chi connectivity index (χ4v) is 3.36. The molecule has 2 amide bonds. The van der Waals surface area contributed by atoms with Crippen molar-refractivity contribution in [3.8, 4) is 5.75 Å². The van der Waals surface area contributed by atoms with E-state index in [9.17, 15) is 9.59 Å². The maximum atomic E-state index is 12.5. The highest BCUT2D eigenvalue weighted by atomic mass is 16.5. The summed E-state index contributed by atoms with van der Waals surface area (Å²) in [7, 11) is 0. The summed E-state index contributed by atoms with van der Waals surface area (Å²) < 4.78 is 5.98. The molecular weight excluding hydrogens is 340 g/mol. The molecule has 0 aromatic heterocycles. The highest BCUT2D eigenvalue weighted by Gasteiger charge is 2.26. The van der Waals surface area contributed by atoms with Gasteiger partial charge in [0.05, 0.1) is 24.3 Å². The molecule has 0 unspecified atom stereocenters. The van der Waals surface area contributed by atoms with Gasteiger partial charge in [-0.3, -0.25) is 9.59 Å². The van der Waals surface area contributed by atoms with Crippen LogP contribution in [0.5, 0.6) is 5.75 Å². The molecule has 0 saturated carbocycles. The van der Waals surface area contributed by atoms with Crippen molar-refractivity contribution in [3.05, 3.63) is 71.8 Å². The Morgan fingerprint density at radius 3 is 2.74 bits per heavy atom. The summed E-state index contributed by atoms with van der Waals surface area (Å²) in [6, 6.07) is 19.5. The van der Waals surface area contributed by atoms with Gasteiger partial charge in [-0.15, -0.1) is 0 Å². The second kappa shape index (κ2) is 7.11. The average Bonchev–Trinajstić information content (AvgIpc) is 2.80. The Morgan fingerprint density at radius 2 is 1.85 bits per heavy atom. The number of hydrogen-bond acceptors (Lipinski definition) is 3. The molecule has 1 heterocycles. The van der Waals surface area contributed by atoms with E-state index in [1.54, 1.807) is 4.90 Å². The molecule has 136 valence electrons. The molecule has 4 rings (SSSR count). The molecule has 0 fully saturated rings. The highest BCUT2D eigenvalue weighted by molar-refractivity contribution is 6.09. The molecule has 3 aromatic rings. The third-order valence-electron chi connectivity index (χ3n) is 4.71. The first-order chi connectivity index (χ1) is 13.1. The van der Waals surface area contributed by atoms with E-state index in [4.69, 9.17) is 4.74 Å². The first kappa shape index (κ1) is 17.1. The topological polar surface area (TPSA) is 58.6 Å². The molecule has 1 N–H and O–H groups in total. The third kappa shape index (κ3) is 3.36. The van der Waals surface area contributed by atoms with Gasteiger partial charge in [-0.25, -0.2) is 0 Å². The Bertz CT molecular complexity index is 1020. The zero-order valence-corrected chi connectivity index (χ0v) is 15.1. The normalized spacial score (nSPS) is 13.9. The second-order valence-corrected chi connectivity index (χ2v) is 6.57. The SMILES string of the molecule is Cc1ccc2c(c1)C(=O)NCC(=O)N2CCOc1cccc2ccccc12. The summed E-state index contributed by atoms with van der Waals surface area (Å²) in [5.74, 6) is 0.417. The van der Waals surface area contributed by atoms with Crippen LogP contribution < -0.4 is 15.0 Å². The number of nitrogens with zero attached hydrogens (tertiary/aromatic N) is 1. The third-order valence-corrected chi connectivity index (χ3v) is 4.71. The monoisotopic (exact) mass is 360 g/mol. The van der Waals surface area contributed by atoms with Gasteiger partial charge in [-0.1, -0.05) is 48.0 Å². The van der Waals surface area contributed by atoms with Gasteiger partial charge >= 0.3 is 0 Å². The minimum Gasteiger partial charge on any atom is -0.491 e. The number of nitrogens with one attached hydrogen (secondary N) is 1. The summed E-state index contributed by atoms with van der Waals surface area (Å²) in [4.78, 5) is 26.4. The predicted octanol–water partition coefficient (Wildman–Crippen LogP) is 3.30. The fraction of sp³-hybridized carbons (Fsp3) is 0.182. The van der Waals surface area contributed by atoms with Gasteiger partial charge in [-0.2, -0.15) is 0 Å². The Hall–Kier alpha value is -3.34. The summed E-state index contributed by atoms with van der Waals surface area (Å²) >= 11 is 0. The van der Waals surface area contributed by atoms with Crippen LogP contribution in [0, 0.1) is 6.92 Å². The number of rotatable bonds is 4. The minimum atomic E-state index is -0.223. The molecule has 5 nitrogen and oxygen atoms in total. The number of aryl methyl sites for hydroxylation is 1. The lowest BCUT2D eigenvalue weighted by Gasteiger charge is -2.22. The maximum absolute atomic E-state index is 12.5. The number of ether oxygens (including phenoxy) is 1. The molecule has 0 aliphatic carbocycles. The molecule has 3 aromatic carbocycles. The Morgan fingerprint density at radius 1 is 1.04 bits per heavy atom. The average molecular weight is 360 g/mol. The quantitative estimate of drug-likeness (QED) is 0.777. The molecule has 5 heteroatoms. The minimum absolute atomic E-state index is 0.0131. The summed E-state index contributed by atoms with van der Waals surface area (Å²) in [6.45, 7) is 2.61. The van der Waals surface area contributed by atoms with Crippen LogP contribution in [-0.2, 0) is 4.79 Å². The number of amides is 2. The van der Waals surface area contributed by atoms with E-state index in [0.717, 1.165) is 22.1 Å². The lowest BCUT2D eigenvalue weighted by Crippen LogP contribution is -2.38. The van der Waals surface area contributed by atoms with E-state index >= 15 is 0 Å². The van der Waals surface area contributed by atoms with Gasteiger partial charge in [0.25, 0.3) is 5.91 Å². The van der Waals surface area contributed by atoms with Crippen LogP contribution in [0.2, 0.25) is 0 Å². The highest BCUT2D eigenvalue weighted by Crippen LogP contribution is 2.26. The van der Waals surface area contributed by atoms with Gasteiger partial charge in [-0.05, 0) is 30.5 Å². The first-order valence-corrected chi connectivity index (χ1v) is 8.93. The first-order valence-electron chi connectivity index (χ1n) is 8.93. The van der Waals surface area contributed by atoms with Crippen molar-refractivity contribution >= 4 is 28.3 Å². The second-order valence-electron chi connectivity index (χ2n) is 6.57. The molecule has 0 bridgehead atoms. The van der Waals surface area contributed by atoms with E-state index in [2.05, 4.69) is 5.32 Å². The standard InChI is InChI=1S/C22H20N2O3/c1-15-9-10-19-18(13-15)22(26)23-14-21(25)24(19)11-12-27-20-8-4-6-16-5-2-3-7-17(16)20/h2-10,13H,11-12,14H2,1H3,(H,23,26). The number of anilines is 1. The smallest absolute Gasteiger partial charge is 0.253 e. The molecular formula is C22H20N2O3. The van der Waals surface area contributed by atoms with Crippen LogP contribution >= 0.6 is 0 Å². The van der Waals surface area contributed by atoms with Crippen molar-refractivity contribution in [3.63, 3.8) is 0 Å². The van der Waals surface area contributed by atoms with E-state index < -0.39 is 0 Å². The van der Waals surface area contributed by atoms with Crippen LogP contribution in [0.15, 0.2) is 60.7 Å². The Labute approximate surface area is 157 Å². The zero-order valence-electron chi connectivity index (χ0n) is 15.1. The van der Waals surface area contributed by atoms with Crippen molar-refractivity contribution in [2.75, 3.05) is 24.6 Å². The molecule has 0 radical (unpaired) electrons. The van der Waals surface area contributed by atoms with Gasteiger partial charge in [0, 0.05) is 5.39 Å². The largest absolute Gasteiger partial charge is 0.491 e. The number of fused-ring (bicyclic) bond motifs is 2. The zero-order chi connectivity index (χ0) is 18.8. The number of hydrogen-bond donors (Lipinski definition) is 1. The van der Waals surface area contributed by atoms with E-state index in [1.807, 2.05) is 67.6 Å². The molecule has 27 heavy (non-hydrogen) atoms. The Balaban J connectivity index is 1.56. The molecule has 0 saturated heterocycles. The summed E-state index contributed by atoms with van der Waals surface area (Å²) in [6.07, 6.45) is 0. The Kier molecular flexibility index (Phi) is 4.50. The summed E-state index contributed by atoms with van der Waals surface area (Å²) in [5, 5.41) is 4.81. The molecule has 0 spiro atoms. The summed E-state index contributed by atoms with van der Waals surface area (Å²) in [5.41, 5.74) is 2.12. The molecule has 0 atom stereocenters. The van der Waals surface area contributed by atoms with Crippen LogP contribution in [0.4, 0.5) is 5.69 Å². The van der Waals surface area contributed by atoms with Crippen molar-refractivity contribution in [2.24, 2.45) is 0 Å². The number of benzene rings is 3. The van der Waals surface area contributed by atoms with Crippen LogP contribution in [-0.4, -0.2) is 31.5 Å². The lowest BCUT2D eigenvalue weighted by atomic mass is 10.1. The van der Waals surface area contributed by atoms with Gasteiger partial charge < -0.3 is 15.0 Å². The van der Waals surface area contributed by atoms with Crippen molar-refractivity contribution in [1.82, 2.24) is 5.32 Å². The number of carbonyl (C=O) groups is 2. The van der Waals surface area contributed by atoms with Crippen molar-refractivity contribution < 1.29 is 14.3 Å². The van der Waals surface area contributed by atoms with Gasteiger partial charge in [0.15, 0.2) is 0 Å².